The fourth-order valence-corrected chi connectivity index (χ4v) is 2.71. The van der Waals surface area contributed by atoms with Crippen LogP contribution in [0.1, 0.15) is 27.2 Å². The molecule has 6 heteroatoms. The van der Waals surface area contributed by atoms with Crippen molar-refractivity contribution in [2.24, 2.45) is 0 Å². The molecule has 1 aromatic heterocycles. The van der Waals surface area contributed by atoms with Crippen LogP contribution in [0.5, 0.6) is 5.75 Å². The Morgan fingerprint density at radius 3 is 2.33 bits per heavy atom. The summed E-state index contributed by atoms with van der Waals surface area (Å²) in [6.07, 6.45) is 2.99. The number of ether oxygens (including phenoxy) is 1. The zero-order valence-electron chi connectivity index (χ0n) is 15.8. The van der Waals surface area contributed by atoms with E-state index < -0.39 is 0 Å². The Labute approximate surface area is 158 Å². The van der Waals surface area contributed by atoms with Crippen molar-refractivity contribution >= 4 is 23.1 Å². The zero-order chi connectivity index (χ0) is 19.4. The minimum absolute atomic E-state index is 0.227. The molecule has 3 rings (SSSR count). The molecule has 2 N–H and O–H groups in total. The van der Waals surface area contributed by atoms with E-state index >= 15 is 0 Å². The van der Waals surface area contributed by atoms with Crippen molar-refractivity contribution < 1.29 is 9.53 Å². The molecule has 1 heterocycles. The molecule has 138 valence electrons. The molecule has 2 aromatic carbocycles. The van der Waals surface area contributed by atoms with Crippen molar-refractivity contribution in [1.29, 1.82) is 0 Å². The first-order chi connectivity index (χ1) is 13.0. The van der Waals surface area contributed by atoms with Crippen molar-refractivity contribution in [3.63, 3.8) is 0 Å². The summed E-state index contributed by atoms with van der Waals surface area (Å²) in [6, 6.07) is 11.7. The fourth-order valence-electron chi connectivity index (χ4n) is 2.71. The summed E-state index contributed by atoms with van der Waals surface area (Å²) in [4.78, 5) is 21.0. The van der Waals surface area contributed by atoms with Gasteiger partial charge in [0.2, 0.25) is 0 Å². The first kappa shape index (κ1) is 18.4. The van der Waals surface area contributed by atoms with Crippen LogP contribution in [0.4, 0.5) is 17.2 Å². The lowest BCUT2D eigenvalue weighted by molar-refractivity contribution is 0.102. The number of aryl methyl sites for hydroxylation is 3. The van der Waals surface area contributed by atoms with Crippen molar-refractivity contribution in [2.75, 3.05) is 17.7 Å². The second-order valence-electron chi connectivity index (χ2n) is 6.39. The van der Waals surface area contributed by atoms with Gasteiger partial charge < -0.3 is 15.4 Å². The number of carbonyl (C=O) groups excluding carboxylic acids is 1. The maximum absolute atomic E-state index is 12.5. The first-order valence-corrected chi connectivity index (χ1v) is 8.58. The highest BCUT2D eigenvalue weighted by Gasteiger charge is 2.12. The molecule has 0 saturated carbocycles. The van der Waals surface area contributed by atoms with E-state index in [0.29, 0.717) is 17.3 Å². The van der Waals surface area contributed by atoms with Gasteiger partial charge in [0.1, 0.15) is 17.3 Å². The number of anilines is 3. The van der Waals surface area contributed by atoms with Crippen LogP contribution >= 0.6 is 0 Å². The van der Waals surface area contributed by atoms with Crippen molar-refractivity contribution in [3.05, 3.63) is 71.2 Å². The number of aromatic nitrogens is 2. The molecule has 0 aliphatic rings. The van der Waals surface area contributed by atoms with E-state index in [1.165, 1.54) is 11.8 Å². The van der Waals surface area contributed by atoms with Crippen LogP contribution in [-0.2, 0) is 0 Å². The maximum Gasteiger partial charge on any atom is 0.275 e. The van der Waals surface area contributed by atoms with Gasteiger partial charge in [-0.15, -0.1) is 0 Å². The number of nitrogens with zero attached hydrogens (tertiary/aromatic N) is 2. The monoisotopic (exact) mass is 362 g/mol. The van der Waals surface area contributed by atoms with Crippen LogP contribution < -0.4 is 15.4 Å². The van der Waals surface area contributed by atoms with Gasteiger partial charge in [-0.2, -0.15) is 0 Å². The van der Waals surface area contributed by atoms with Crippen LogP contribution in [0.25, 0.3) is 0 Å². The predicted octanol–water partition coefficient (Wildman–Crippen LogP) is 4.41. The third-order valence-corrected chi connectivity index (χ3v) is 4.13. The van der Waals surface area contributed by atoms with Gasteiger partial charge in [-0.05, 0) is 50.1 Å². The van der Waals surface area contributed by atoms with Crippen LogP contribution in [0.15, 0.2) is 48.8 Å². The quantitative estimate of drug-likeness (QED) is 0.703. The van der Waals surface area contributed by atoms with Crippen LogP contribution in [-0.4, -0.2) is 23.0 Å². The molecule has 3 aromatic rings. The second kappa shape index (κ2) is 7.86. The number of hydrogen-bond acceptors (Lipinski definition) is 5. The summed E-state index contributed by atoms with van der Waals surface area (Å²) in [7, 11) is 1.56. The van der Waals surface area contributed by atoms with Gasteiger partial charge in [0.25, 0.3) is 5.91 Å². The number of nitrogens with one attached hydrogen (secondary N) is 2. The maximum atomic E-state index is 12.5. The van der Waals surface area contributed by atoms with Crippen LogP contribution in [0, 0.1) is 20.8 Å². The molecule has 0 unspecified atom stereocenters. The summed E-state index contributed by atoms with van der Waals surface area (Å²) in [5, 5.41) is 6.03. The number of hydrogen-bond donors (Lipinski definition) is 2. The number of carbonyl (C=O) groups is 1. The van der Waals surface area contributed by atoms with E-state index in [1.807, 2.05) is 51.1 Å². The molecule has 0 fully saturated rings. The molecule has 0 spiro atoms. The van der Waals surface area contributed by atoms with Gasteiger partial charge >= 0.3 is 0 Å². The van der Waals surface area contributed by atoms with Crippen LogP contribution in [0.3, 0.4) is 0 Å². The fraction of sp³-hybridized carbons (Fsp3) is 0.190. The third kappa shape index (κ3) is 4.41. The number of rotatable bonds is 5. The van der Waals surface area contributed by atoms with Crippen molar-refractivity contribution in [2.45, 2.75) is 20.8 Å². The highest BCUT2D eigenvalue weighted by Crippen LogP contribution is 2.25. The smallest absolute Gasteiger partial charge is 0.275 e. The number of amides is 1. The van der Waals surface area contributed by atoms with E-state index in [-0.39, 0.29) is 11.6 Å². The Morgan fingerprint density at radius 1 is 0.926 bits per heavy atom. The van der Waals surface area contributed by atoms with E-state index in [2.05, 4.69) is 26.7 Å². The lowest BCUT2D eigenvalue weighted by atomic mass is 10.1. The molecule has 27 heavy (non-hydrogen) atoms. The molecule has 1 amide bonds. The first-order valence-electron chi connectivity index (χ1n) is 8.58. The van der Waals surface area contributed by atoms with E-state index in [1.54, 1.807) is 13.3 Å². The minimum Gasteiger partial charge on any atom is -0.495 e. The average Bonchev–Trinajstić information content (AvgIpc) is 2.65. The highest BCUT2D eigenvalue weighted by molar-refractivity contribution is 6.03. The van der Waals surface area contributed by atoms with E-state index in [9.17, 15) is 4.79 Å². The topological polar surface area (TPSA) is 76.1 Å². The Kier molecular flexibility index (Phi) is 5.35. The Balaban J connectivity index is 1.73. The van der Waals surface area contributed by atoms with Gasteiger partial charge in [-0.3, -0.25) is 4.79 Å². The summed E-state index contributed by atoms with van der Waals surface area (Å²) in [5.41, 5.74) is 5.11. The van der Waals surface area contributed by atoms with E-state index in [4.69, 9.17) is 4.74 Å². The third-order valence-electron chi connectivity index (χ3n) is 4.13. The van der Waals surface area contributed by atoms with Gasteiger partial charge in [0.05, 0.1) is 25.2 Å². The van der Waals surface area contributed by atoms with E-state index in [0.717, 1.165) is 16.8 Å². The summed E-state index contributed by atoms with van der Waals surface area (Å²) in [5.74, 6) is 0.825. The summed E-state index contributed by atoms with van der Waals surface area (Å²) in [6.45, 7) is 6.02. The average molecular weight is 362 g/mol. The Hall–Kier alpha value is -3.41. The summed E-state index contributed by atoms with van der Waals surface area (Å²) < 4.78 is 5.28. The highest BCUT2D eigenvalue weighted by atomic mass is 16.5. The van der Waals surface area contributed by atoms with Crippen LogP contribution in [0.2, 0.25) is 0 Å². The second-order valence-corrected chi connectivity index (χ2v) is 6.39. The predicted molar refractivity (Wildman–Crippen MR) is 107 cm³/mol. The number of benzene rings is 2. The van der Waals surface area contributed by atoms with Gasteiger partial charge in [0.15, 0.2) is 0 Å². The lowest BCUT2D eigenvalue weighted by Gasteiger charge is -2.11. The molecule has 0 aliphatic heterocycles. The molecule has 0 atom stereocenters. The zero-order valence-corrected chi connectivity index (χ0v) is 15.8. The minimum atomic E-state index is -0.343. The molecule has 6 nitrogen and oxygen atoms in total. The molecule has 0 radical (unpaired) electrons. The molecule has 0 aliphatic carbocycles. The normalized spacial score (nSPS) is 10.4. The number of methoxy groups -OCH3 is 1. The lowest BCUT2D eigenvalue weighted by Crippen LogP contribution is -2.15. The molecular formula is C21H22N4O2. The van der Waals surface area contributed by atoms with Crippen molar-refractivity contribution in [1.82, 2.24) is 9.97 Å². The molecule has 0 saturated heterocycles. The van der Waals surface area contributed by atoms with Gasteiger partial charge in [-0.25, -0.2) is 9.97 Å². The SMILES string of the molecule is COc1ccc(C)cc1NC(=O)c1cnc(Nc2ccc(C)cc2C)cn1. The van der Waals surface area contributed by atoms with Gasteiger partial charge in [-0.1, -0.05) is 23.8 Å². The standard InChI is InChI=1S/C21H22N4O2/c1-13-5-7-16(15(3)9-13)24-20-12-22-18(11-23-20)21(26)25-17-10-14(2)6-8-19(17)27-4/h5-12H,1-4H3,(H,23,24)(H,25,26). The summed E-state index contributed by atoms with van der Waals surface area (Å²) >= 11 is 0. The Morgan fingerprint density at radius 2 is 1.67 bits per heavy atom. The van der Waals surface area contributed by atoms with Gasteiger partial charge in [0, 0.05) is 5.69 Å². The molecular weight excluding hydrogens is 340 g/mol. The van der Waals surface area contributed by atoms with Crippen molar-refractivity contribution in [3.8, 4) is 5.75 Å². The largest absolute Gasteiger partial charge is 0.495 e. The Bertz CT molecular complexity index is 968. The molecule has 0 bridgehead atoms.